The van der Waals surface area contributed by atoms with E-state index in [-0.39, 0.29) is 5.97 Å². The van der Waals surface area contributed by atoms with Crippen LogP contribution in [0.2, 0.25) is 0 Å². The van der Waals surface area contributed by atoms with Crippen LogP contribution in [0.15, 0.2) is 12.2 Å². The molecule has 5 heteroatoms. The molecule has 0 saturated heterocycles. The summed E-state index contributed by atoms with van der Waals surface area (Å²) in [5.74, 6) is -0.358. The van der Waals surface area contributed by atoms with Crippen LogP contribution in [0.25, 0.3) is 0 Å². The Bertz CT molecular complexity index is 271. The molecular formula is C14H25O4Si. The Balaban J connectivity index is 4.03. The van der Waals surface area contributed by atoms with E-state index in [9.17, 15) is 4.79 Å². The minimum Gasteiger partial charge on any atom is -0.462 e. The Morgan fingerprint density at radius 3 is 2.11 bits per heavy atom. The van der Waals surface area contributed by atoms with E-state index in [1.807, 2.05) is 13.8 Å². The molecule has 0 aliphatic heterocycles. The summed E-state index contributed by atoms with van der Waals surface area (Å²) in [6.45, 7) is 10.8. The fraction of sp³-hybridized carbons (Fsp3) is 0.786. The third-order valence-electron chi connectivity index (χ3n) is 2.31. The molecule has 0 saturated carbocycles. The zero-order valence-corrected chi connectivity index (χ0v) is 13.3. The van der Waals surface area contributed by atoms with Crippen LogP contribution >= 0.6 is 0 Å². The van der Waals surface area contributed by atoms with E-state index >= 15 is 0 Å². The SMILES string of the molecule is C=C(C)C(=O)OCCCC([Si])(OCCC)OCCC. The van der Waals surface area contributed by atoms with Crippen LogP contribution in [-0.4, -0.2) is 41.4 Å². The standard InChI is InChI=1S/C14H25O4Si/c1-5-9-17-14(19,18-10-6-2)8-7-11-16-13(15)12(3)4/h3,5-11H2,1-2,4H3. The van der Waals surface area contributed by atoms with E-state index in [2.05, 4.69) is 16.8 Å². The third kappa shape index (κ3) is 8.97. The number of esters is 1. The number of ether oxygens (including phenoxy) is 3. The molecule has 19 heavy (non-hydrogen) atoms. The van der Waals surface area contributed by atoms with Crippen molar-refractivity contribution in [2.24, 2.45) is 0 Å². The summed E-state index contributed by atoms with van der Waals surface area (Å²) in [4.78, 5) is 11.2. The van der Waals surface area contributed by atoms with Crippen LogP contribution in [0.5, 0.6) is 0 Å². The lowest BCUT2D eigenvalue weighted by molar-refractivity contribution is -0.184. The van der Waals surface area contributed by atoms with Crippen molar-refractivity contribution in [2.45, 2.75) is 51.9 Å². The monoisotopic (exact) mass is 285 g/mol. The molecule has 0 aromatic heterocycles. The Labute approximate surface area is 119 Å². The van der Waals surface area contributed by atoms with Gasteiger partial charge >= 0.3 is 5.97 Å². The highest BCUT2D eigenvalue weighted by atomic mass is 28.1. The fourth-order valence-electron chi connectivity index (χ4n) is 1.31. The Morgan fingerprint density at radius 1 is 1.16 bits per heavy atom. The first-order chi connectivity index (χ1) is 8.95. The summed E-state index contributed by atoms with van der Waals surface area (Å²) in [6.07, 6.45) is 3.13. The van der Waals surface area contributed by atoms with E-state index in [0.29, 0.717) is 38.2 Å². The van der Waals surface area contributed by atoms with Gasteiger partial charge in [0.25, 0.3) is 0 Å². The van der Waals surface area contributed by atoms with Gasteiger partial charge in [0.05, 0.1) is 6.61 Å². The minimum atomic E-state index is -0.776. The van der Waals surface area contributed by atoms with Gasteiger partial charge in [-0.1, -0.05) is 20.4 Å². The van der Waals surface area contributed by atoms with Gasteiger partial charge in [0.1, 0.15) is 15.7 Å². The molecular weight excluding hydrogens is 260 g/mol. The molecule has 4 nitrogen and oxygen atoms in total. The molecule has 3 radical (unpaired) electrons. The van der Waals surface area contributed by atoms with E-state index < -0.39 is 5.41 Å². The smallest absolute Gasteiger partial charge is 0.333 e. The van der Waals surface area contributed by atoms with Crippen LogP contribution in [0.4, 0.5) is 0 Å². The normalized spacial score (nSPS) is 11.4. The first kappa shape index (κ1) is 18.3. The highest BCUT2D eigenvalue weighted by Gasteiger charge is 2.25. The lowest BCUT2D eigenvalue weighted by Gasteiger charge is -2.30. The van der Waals surface area contributed by atoms with Crippen molar-refractivity contribution in [3.63, 3.8) is 0 Å². The molecule has 0 unspecified atom stereocenters. The molecule has 0 aromatic rings. The van der Waals surface area contributed by atoms with Gasteiger partial charge < -0.3 is 14.2 Å². The number of hydrogen-bond donors (Lipinski definition) is 0. The van der Waals surface area contributed by atoms with Crippen LogP contribution < -0.4 is 0 Å². The summed E-state index contributed by atoms with van der Waals surface area (Å²) < 4.78 is 16.4. The highest BCUT2D eigenvalue weighted by Crippen LogP contribution is 2.17. The Hall–Kier alpha value is -0.653. The molecule has 0 aliphatic rings. The number of carbonyl (C=O) groups excluding carboxylic acids is 1. The van der Waals surface area contributed by atoms with Gasteiger partial charge in [0, 0.05) is 18.8 Å². The average molecular weight is 285 g/mol. The van der Waals surface area contributed by atoms with Gasteiger partial charge in [-0.2, -0.15) is 0 Å². The summed E-state index contributed by atoms with van der Waals surface area (Å²) in [5.41, 5.74) is -0.365. The highest BCUT2D eigenvalue weighted by molar-refractivity contribution is 6.13. The molecule has 0 fully saturated rings. The van der Waals surface area contributed by atoms with Crippen molar-refractivity contribution in [1.29, 1.82) is 0 Å². The topological polar surface area (TPSA) is 44.8 Å². The van der Waals surface area contributed by atoms with Crippen molar-refractivity contribution in [3.8, 4) is 0 Å². The second-order valence-corrected chi connectivity index (χ2v) is 5.23. The second-order valence-electron chi connectivity index (χ2n) is 4.47. The quantitative estimate of drug-likeness (QED) is 0.192. The maximum atomic E-state index is 11.2. The van der Waals surface area contributed by atoms with Crippen molar-refractivity contribution >= 4 is 16.2 Å². The van der Waals surface area contributed by atoms with Crippen molar-refractivity contribution in [3.05, 3.63) is 12.2 Å². The van der Waals surface area contributed by atoms with Crippen LogP contribution in [-0.2, 0) is 19.0 Å². The van der Waals surface area contributed by atoms with Crippen LogP contribution in [0.3, 0.4) is 0 Å². The molecule has 0 atom stereocenters. The fourth-order valence-corrected chi connectivity index (χ4v) is 1.69. The molecule has 0 spiro atoms. The van der Waals surface area contributed by atoms with Crippen LogP contribution in [0, 0.1) is 0 Å². The van der Waals surface area contributed by atoms with Gasteiger partial charge in [0.2, 0.25) is 0 Å². The van der Waals surface area contributed by atoms with E-state index in [1.54, 1.807) is 6.92 Å². The van der Waals surface area contributed by atoms with E-state index in [4.69, 9.17) is 14.2 Å². The first-order valence-corrected chi connectivity index (χ1v) is 7.30. The molecule has 0 heterocycles. The number of carbonyl (C=O) groups is 1. The van der Waals surface area contributed by atoms with Gasteiger partial charge in [-0.05, 0) is 32.6 Å². The predicted octanol–water partition coefficient (Wildman–Crippen LogP) is 2.56. The van der Waals surface area contributed by atoms with Gasteiger partial charge in [-0.15, -0.1) is 0 Å². The zero-order chi connectivity index (χ0) is 14.7. The lowest BCUT2D eigenvalue weighted by atomic mass is 10.3. The lowest BCUT2D eigenvalue weighted by Crippen LogP contribution is -2.37. The van der Waals surface area contributed by atoms with Crippen molar-refractivity contribution in [2.75, 3.05) is 19.8 Å². The molecule has 109 valence electrons. The number of rotatable bonds is 11. The van der Waals surface area contributed by atoms with E-state index in [1.165, 1.54) is 0 Å². The van der Waals surface area contributed by atoms with Gasteiger partial charge in [0.15, 0.2) is 0 Å². The first-order valence-electron chi connectivity index (χ1n) is 6.80. The zero-order valence-electron chi connectivity index (χ0n) is 12.3. The summed E-state index contributed by atoms with van der Waals surface area (Å²) in [6, 6.07) is 0. The molecule has 0 amide bonds. The van der Waals surface area contributed by atoms with E-state index in [0.717, 1.165) is 12.8 Å². The van der Waals surface area contributed by atoms with Crippen molar-refractivity contribution < 1.29 is 19.0 Å². The minimum absolute atomic E-state index is 0.336. The number of hydrogen-bond acceptors (Lipinski definition) is 4. The molecule has 0 rings (SSSR count). The largest absolute Gasteiger partial charge is 0.462 e. The molecule has 0 aromatic carbocycles. The molecule has 0 N–H and O–H groups in total. The summed E-state index contributed by atoms with van der Waals surface area (Å²) in [5, 5.41) is 0. The Kier molecular flexibility index (Phi) is 9.82. The maximum absolute atomic E-state index is 11.2. The van der Waals surface area contributed by atoms with Crippen molar-refractivity contribution in [1.82, 2.24) is 0 Å². The van der Waals surface area contributed by atoms with Gasteiger partial charge in [-0.3, -0.25) is 0 Å². The summed E-state index contributed by atoms with van der Waals surface area (Å²) in [7, 11) is 3.54. The third-order valence-corrected chi connectivity index (χ3v) is 2.85. The predicted molar refractivity (Wildman–Crippen MR) is 76.0 cm³/mol. The maximum Gasteiger partial charge on any atom is 0.333 e. The molecule has 0 bridgehead atoms. The average Bonchev–Trinajstić information content (AvgIpc) is 2.39. The second kappa shape index (κ2) is 10.2. The molecule has 0 aliphatic carbocycles. The van der Waals surface area contributed by atoms with Gasteiger partial charge in [-0.25, -0.2) is 4.79 Å². The van der Waals surface area contributed by atoms with Crippen LogP contribution in [0.1, 0.15) is 46.5 Å². The Morgan fingerprint density at radius 2 is 1.68 bits per heavy atom. The summed E-state index contributed by atoms with van der Waals surface area (Å²) >= 11 is 0.